The molecule has 1 aliphatic carbocycles. The fourth-order valence-electron chi connectivity index (χ4n) is 5.19. The Labute approximate surface area is 161 Å². The molecule has 1 aromatic carbocycles. The summed E-state index contributed by atoms with van der Waals surface area (Å²) < 4.78 is 10.6. The Morgan fingerprint density at radius 3 is 2.37 bits per heavy atom. The molecule has 1 aromatic rings. The molecular weight excluding hydrogens is 344 g/mol. The number of hydrogen-bond donors (Lipinski definition) is 1. The Bertz CT molecular complexity index is 689. The van der Waals surface area contributed by atoms with Crippen LogP contribution in [0.2, 0.25) is 0 Å². The molecule has 1 N–H and O–H groups in total. The number of hydrogen-bond acceptors (Lipinski definition) is 5. The van der Waals surface area contributed by atoms with E-state index in [1.165, 1.54) is 12.8 Å². The maximum Gasteiger partial charge on any atom is 0.254 e. The summed E-state index contributed by atoms with van der Waals surface area (Å²) in [6.45, 7) is 3.73. The first-order chi connectivity index (χ1) is 13.1. The van der Waals surface area contributed by atoms with Crippen molar-refractivity contribution in [3.8, 4) is 11.5 Å². The van der Waals surface area contributed by atoms with Crippen LogP contribution in [0.25, 0.3) is 0 Å². The quantitative estimate of drug-likeness (QED) is 0.874. The number of aliphatic hydroxyl groups excluding tert-OH is 1. The molecule has 0 aromatic heterocycles. The number of amides is 1. The zero-order valence-corrected chi connectivity index (χ0v) is 16.3. The van der Waals surface area contributed by atoms with Gasteiger partial charge in [0.25, 0.3) is 5.91 Å². The molecule has 3 aliphatic rings. The molecule has 2 aliphatic heterocycles. The normalized spacial score (nSPS) is 31.0. The van der Waals surface area contributed by atoms with Crippen molar-refractivity contribution in [1.82, 2.24) is 9.80 Å². The highest BCUT2D eigenvalue weighted by molar-refractivity contribution is 5.95. The van der Waals surface area contributed by atoms with Gasteiger partial charge in [-0.2, -0.15) is 0 Å². The van der Waals surface area contributed by atoms with Crippen LogP contribution in [0.4, 0.5) is 0 Å². The number of likely N-dealkylation sites (tertiary alicyclic amines) is 2. The van der Waals surface area contributed by atoms with Crippen LogP contribution in [0, 0.1) is 11.8 Å². The molecule has 0 spiro atoms. The number of carbonyl (C=O) groups is 1. The summed E-state index contributed by atoms with van der Waals surface area (Å²) in [6.07, 6.45) is 4.02. The number of carbonyl (C=O) groups excluding carboxylic acids is 1. The molecule has 6 heteroatoms. The zero-order valence-electron chi connectivity index (χ0n) is 16.3. The minimum atomic E-state index is -0.263. The summed E-state index contributed by atoms with van der Waals surface area (Å²) in [5.74, 6) is 2.13. The minimum absolute atomic E-state index is 0.0394. The van der Waals surface area contributed by atoms with E-state index in [9.17, 15) is 9.90 Å². The fourth-order valence-corrected chi connectivity index (χ4v) is 5.19. The van der Waals surface area contributed by atoms with E-state index in [1.807, 2.05) is 4.90 Å². The second-order valence-electron chi connectivity index (χ2n) is 8.15. The lowest BCUT2D eigenvalue weighted by molar-refractivity contribution is -0.000864. The predicted molar refractivity (Wildman–Crippen MR) is 102 cm³/mol. The molecule has 1 amide bonds. The smallest absolute Gasteiger partial charge is 0.254 e. The molecule has 27 heavy (non-hydrogen) atoms. The second kappa shape index (κ2) is 7.68. The molecule has 0 radical (unpaired) electrons. The van der Waals surface area contributed by atoms with E-state index in [0.717, 1.165) is 39.0 Å². The van der Waals surface area contributed by atoms with Gasteiger partial charge in [0.1, 0.15) is 0 Å². The van der Waals surface area contributed by atoms with Crippen LogP contribution in [0.3, 0.4) is 0 Å². The average molecular weight is 374 g/mol. The van der Waals surface area contributed by atoms with Gasteiger partial charge < -0.3 is 19.5 Å². The monoisotopic (exact) mass is 374 g/mol. The highest BCUT2D eigenvalue weighted by Crippen LogP contribution is 2.39. The highest BCUT2D eigenvalue weighted by Gasteiger charge is 2.45. The topological polar surface area (TPSA) is 62.2 Å². The van der Waals surface area contributed by atoms with Crippen molar-refractivity contribution in [3.63, 3.8) is 0 Å². The second-order valence-corrected chi connectivity index (χ2v) is 8.15. The van der Waals surface area contributed by atoms with Crippen LogP contribution in [0.15, 0.2) is 18.2 Å². The lowest BCUT2D eigenvalue weighted by Gasteiger charge is -2.40. The lowest BCUT2D eigenvalue weighted by atomic mass is 9.77. The molecule has 2 heterocycles. The van der Waals surface area contributed by atoms with Crippen molar-refractivity contribution in [2.45, 2.75) is 37.8 Å². The van der Waals surface area contributed by atoms with Crippen LogP contribution >= 0.6 is 0 Å². The van der Waals surface area contributed by atoms with E-state index in [-0.39, 0.29) is 18.1 Å². The first-order valence-electron chi connectivity index (χ1n) is 10.0. The van der Waals surface area contributed by atoms with Gasteiger partial charge in [-0.15, -0.1) is 0 Å². The Hall–Kier alpha value is -1.79. The molecule has 4 atom stereocenters. The number of nitrogens with zero attached hydrogens (tertiary/aromatic N) is 2. The summed E-state index contributed by atoms with van der Waals surface area (Å²) in [5, 5.41) is 10.7. The highest BCUT2D eigenvalue weighted by atomic mass is 16.5. The Morgan fingerprint density at radius 1 is 1.04 bits per heavy atom. The first kappa shape index (κ1) is 18.6. The van der Waals surface area contributed by atoms with Gasteiger partial charge in [0.05, 0.1) is 20.3 Å². The molecule has 6 nitrogen and oxygen atoms in total. The van der Waals surface area contributed by atoms with Gasteiger partial charge in [-0.3, -0.25) is 9.69 Å². The third kappa shape index (κ3) is 3.52. The van der Waals surface area contributed by atoms with Crippen molar-refractivity contribution < 1.29 is 19.4 Å². The van der Waals surface area contributed by atoms with E-state index in [2.05, 4.69) is 4.90 Å². The van der Waals surface area contributed by atoms with Crippen molar-refractivity contribution >= 4 is 5.91 Å². The summed E-state index contributed by atoms with van der Waals surface area (Å²) in [5.41, 5.74) is 0.628. The minimum Gasteiger partial charge on any atom is -0.493 e. The largest absolute Gasteiger partial charge is 0.493 e. The van der Waals surface area contributed by atoms with E-state index in [4.69, 9.17) is 9.47 Å². The maximum absolute atomic E-state index is 13.0. The number of fused-ring (bicyclic) bond motifs is 1. The van der Waals surface area contributed by atoms with E-state index < -0.39 is 0 Å². The number of methoxy groups -OCH3 is 2. The molecule has 2 saturated heterocycles. The molecule has 1 saturated carbocycles. The molecule has 3 fully saturated rings. The summed E-state index contributed by atoms with van der Waals surface area (Å²) >= 11 is 0. The van der Waals surface area contributed by atoms with Crippen LogP contribution in [-0.2, 0) is 0 Å². The van der Waals surface area contributed by atoms with Crippen LogP contribution in [-0.4, -0.2) is 73.4 Å². The van der Waals surface area contributed by atoms with Gasteiger partial charge in [-0.05, 0) is 68.8 Å². The van der Waals surface area contributed by atoms with Crippen molar-refractivity contribution in [2.75, 3.05) is 40.4 Å². The number of aliphatic hydroxyl groups is 1. The SMILES string of the molecule is COc1ccc(C(=O)N2C[C@H]3C[C@@H](N4CCCC4)[C@H](O)C[C@H]3C2)cc1OC. The third-order valence-electron chi connectivity index (χ3n) is 6.64. The van der Waals surface area contributed by atoms with Crippen molar-refractivity contribution in [1.29, 1.82) is 0 Å². The molecular formula is C21H30N2O4. The van der Waals surface area contributed by atoms with Gasteiger partial charge in [0, 0.05) is 24.7 Å². The van der Waals surface area contributed by atoms with Gasteiger partial charge in [-0.25, -0.2) is 0 Å². The van der Waals surface area contributed by atoms with Gasteiger partial charge in [0.15, 0.2) is 11.5 Å². The van der Waals surface area contributed by atoms with E-state index in [1.54, 1.807) is 32.4 Å². The van der Waals surface area contributed by atoms with E-state index >= 15 is 0 Å². The zero-order chi connectivity index (χ0) is 19.0. The van der Waals surface area contributed by atoms with Gasteiger partial charge in [-0.1, -0.05) is 0 Å². The summed E-state index contributed by atoms with van der Waals surface area (Å²) in [7, 11) is 3.17. The average Bonchev–Trinajstić information content (AvgIpc) is 3.35. The number of benzene rings is 1. The van der Waals surface area contributed by atoms with Crippen molar-refractivity contribution in [2.24, 2.45) is 11.8 Å². The van der Waals surface area contributed by atoms with Crippen molar-refractivity contribution in [3.05, 3.63) is 23.8 Å². The Balaban J connectivity index is 1.45. The van der Waals surface area contributed by atoms with Crippen LogP contribution in [0.1, 0.15) is 36.0 Å². The third-order valence-corrected chi connectivity index (χ3v) is 6.64. The molecule has 4 rings (SSSR count). The predicted octanol–water partition coefficient (Wildman–Crippen LogP) is 2.01. The Morgan fingerprint density at radius 2 is 1.70 bits per heavy atom. The lowest BCUT2D eigenvalue weighted by Crippen LogP contribution is -2.48. The summed E-state index contributed by atoms with van der Waals surface area (Å²) in [4.78, 5) is 17.4. The number of ether oxygens (including phenoxy) is 2. The van der Waals surface area contributed by atoms with Gasteiger partial charge in [0.2, 0.25) is 0 Å². The van der Waals surface area contributed by atoms with Crippen LogP contribution < -0.4 is 9.47 Å². The fraction of sp³-hybridized carbons (Fsp3) is 0.667. The standard InChI is InChI=1S/C21H30N2O4/c1-26-19-6-5-14(11-20(19)27-2)21(25)23-12-15-9-17(22-7-3-4-8-22)18(24)10-16(15)13-23/h5-6,11,15-18,24H,3-4,7-10,12-13H2,1-2H3/t15-,16+,17-,18-/m1/s1. The maximum atomic E-state index is 13.0. The van der Waals surface area contributed by atoms with Crippen LogP contribution in [0.5, 0.6) is 11.5 Å². The molecule has 0 bridgehead atoms. The Kier molecular flexibility index (Phi) is 5.28. The first-order valence-corrected chi connectivity index (χ1v) is 10.0. The van der Waals surface area contributed by atoms with Gasteiger partial charge >= 0.3 is 0 Å². The molecule has 148 valence electrons. The van der Waals surface area contributed by atoms with E-state index in [0.29, 0.717) is 28.9 Å². The summed E-state index contributed by atoms with van der Waals surface area (Å²) in [6, 6.07) is 5.60. The number of rotatable bonds is 4. The molecule has 0 unspecified atom stereocenters.